The maximum Gasteiger partial charge on any atom is 0.404 e. The smallest absolute Gasteiger partial charge is 0.404 e. The molecule has 1 saturated heterocycles. The predicted molar refractivity (Wildman–Crippen MR) is 45.2 cm³/mol. The number of hydrogen-bond acceptors (Lipinski definition) is 3. The van der Waals surface area contributed by atoms with E-state index in [-0.39, 0.29) is 25.4 Å². The fourth-order valence-corrected chi connectivity index (χ4v) is 1.45. The fraction of sp³-hybridized carbons (Fsp3) is 0.857. The number of nitrogens with one attached hydrogen (secondary N) is 1. The Morgan fingerprint density at radius 3 is 2.50 bits per heavy atom. The first-order valence-corrected chi connectivity index (χ1v) is 3.84. The molecule has 0 amide bonds. The van der Waals surface area contributed by atoms with Gasteiger partial charge in [-0.05, 0) is 13.0 Å². The monoisotopic (exact) mass is 233 g/mol. The highest BCUT2D eigenvalue weighted by Crippen LogP contribution is 2.31. The minimum Gasteiger partial charge on any atom is -0.469 e. The van der Waals surface area contributed by atoms with E-state index in [9.17, 15) is 18.0 Å². The quantitative estimate of drug-likeness (QED) is 0.690. The van der Waals surface area contributed by atoms with Crippen molar-refractivity contribution in [1.82, 2.24) is 5.32 Å². The first-order chi connectivity index (χ1) is 5.96. The van der Waals surface area contributed by atoms with Crippen LogP contribution in [-0.4, -0.2) is 31.8 Å². The minimum atomic E-state index is -4.38. The third-order valence-electron chi connectivity index (χ3n) is 2.08. The lowest BCUT2D eigenvalue weighted by Gasteiger charge is -2.20. The molecule has 0 spiro atoms. The highest BCUT2D eigenvalue weighted by atomic mass is 35.5. The van der Waals surface area contributed by atoms with Crippen molar-refractivity contribution in [3.8, 4) is 0 Å². The van der Waals surface area contributed by atoms with Gasteiger partial charge in [0.15, 0.2) is 0 Å². The second-order valence-corrected chi connectivity index (χ2v) is 2.89. The molecule has 0 aliphatic carbocycles. The van der Waals surface area contributed by atoms with Crippen molar-refractivity contribution < 1.29 is 22.7 Å². The summed E-state index contributed by atoms with van der Waals surface area (Å²) in [5.74, 6) is -1.89. The minimum absolute atomic E-state index is 0. The molecule has 7 heteroatoms. The van der Waals surface area contributed by atoms with Crippen molar-refractivity contribution in [2.75, 3.05) is 13.7 Å². The van der Waals surface area contributed by atoms with Gasteiger partial charge >= 0.3 is 12.1 Å². The molecule has 84 valence electrons. The lowest BCUT2D eigenvalue weighted by atomic mass is 10.0. The molecule has 0 unspecified atom stereocenters. The van der Waals surface area contributed by atoms with Gasteiger partial charge in [0.1, 0.15) is 6.04 Å². The lowest BCUT2D eigenvalue weighted by Crippen LogP contribution is -2.44. The summed E-state index contributed by atoms with van der Waals surface area (Å²) < 4.78 is 41.0. The molecular formula is C7H11ClF3NO2. The number of esters is 1. The Hall–Kier alpha value is -0.490. The van der Waals surface area contributed by atoms with Gasteiger partial charge in [-0.2, -0.15) is 13.2 Å². The molecular weight excluding hydrogens is 223 g/mol. The molecule has 1 fully saturated rings. The highest BCUT2D eigenvalue weighted by molar-refractivity contribution is 5.85. The molecule has 0 saturated carbocycles. The molecule has 1 rings (SSSR count). The topological polar surface area (TPSA) is 38.3 Å². The summed E-state index contributed by atoms with van der Waals surface area (Å²) in [7, 11) is 1.09. The number of carbonyl (C=O) groups is 1. The summed E-state index contributed by atoms with van der Waals surface area (Å²) in [6, 6.07) is -1.75. The summed E-state index contributed by atoms with van der Waals surface area (Å²) in [5, 5.41) is 2.24. The van der Waals surface area contributed by atoms with Crippen molar-refractivity contribution in [3.63, 3.8) is 0 Å². The molecule has 0 aromatic heterocycles. The molecule has 0 aromatic carbocycles. The van der Waals surface area contributed by atoms with Gasteiger partial charge in [-0.3, -0.25) is 4.79 Å². The second kappa shape index (κ2) is 4.84. The molecule has 0 radical (unpaired) electrons. The zero-order chi connectivity index (χ0) is 10.1. The number of carbonyl (C=O) groups excluding carboxylic acids is 1. The third-order valence-corrected chi connectivity index (χ3v) is 2.08. The summed E-state index contributed by atoms with van der Waals surface area (Å²) >= 11 is 0. The maximum atomic E-state index is 12.2. The van der Waals surface area contributed by atoms with E-state index in [1.165, 1.54) is 0 Å². The Labute approximate surface area is 85.4 Å². The van der Waals surface area contributed by atoms with Crippen LogP contribution in [0.15, 0.2) is 0 Å². The molecule has 0 bridgehead atoms. The normalized spacial score (nSPS) is 26.9. The number of alkyl halides is 3. The van der Waals surface area contributed by atoms with E-state index in [2.05, 4.69) is 10.1 Å². The van der Waals surface area contributed by atoms with E-state index >= 15 is 0 Å². The second-order valence-electron chi connectivity index (χ2n) is 2.89. The van der Waals surface area contributed by atoms with E-state index in [0.29, 0.717) is 0 Å². The highest BCUT2D eigenvalue weighted by Gasteiger charge is 2.50. The average molecular weight is 234 g/mol. The Balaban J connectivity index is 0.00000169. The SMILES string of the molecule is COC(=O)[C@H]1CCN[C@@H]1C(F)(F)F.Cl. The fourth-order valence-electron chi connectivity index (χ4n) is 1.45. The molecule has 1 aliphatic rings. The Bertz CT molecular complexity index is 210. The van der Waals surface area contributed by atoms with Gasteiger partial charge in [0.2, 0.25) is 0 Å². The van der Waals surface area contributed by atoms with Gasteiger partial charge in [0.05, 0.1) is 13.0 Å². The van der Waals surface area contributed by atoms with Crippen LogP contribution in [0.1, 0.15) is 6.42 Å². The van der Waals surface area contributed by atoms with Crippen molar-refractivity contribution in [1.29, 1.82) is 0 Å². The van der Waals surface area contributed by atoms with Crippen LogP contribution >= 0.6 is 12.4 Å². The van der Waals surface area contributed by atoms with E-state index in [1.807, 2.05) is 0 Å². The van der Waals surface area contributed by atoms with Gasteiger partial charge in [-0.25, -0.2) is 0 Å². The summed E-state index contributed by atoms with van der Waals surface area (Å²) in [6.07, 6.45) is -4.20. The lowest BCUT2D eigenvalue weighted by molar-refractivity contribution is -0.174. The van der Waals surface area contributed by atoms with Gasteiger partial charge in [-0.15, -0.1) is 12.4 Å². The summed E-state index contributed by atoms with van der Waals surface area (Å²) in [6.45, 7) is 0.198. The van der Waals surface area contributed by atoms with Crippen molar-refractivity contribution in [2.24, 2.45) is 5.92 Å². The van der Waals surface area contributed by atoms with Crippen LogP contribution in [0.4, 0.5) is 13.2 Å². The Morgan fingerprint density at radius 1 is 1.50 bits per heavy atom. The van der Waals surface area contributed by atoms with Crippen LogP contribution < -0.4 is 5.32 Å². The number of rotatable bonds is 1. The molecule has 0 aromatic rings. The van der Waals surface area contributed by atoms with Gasteiger partial charge < -0.3 is 10.1 Å². The van der Waals surface area contributed by atoms with Crippen LogP contribution in [0.25, 0.3) is 0 Å². The predicted octanol–water partition coefficient (Wildman–Crippen LogP) is 1.12. The standard InChI is InChI=1S/C7H10F3NO2.ClH/c1-13-6(12)4-2-3-11-5(4)7(8,9)10;/h4-5,11H,2-3H2,1H3;1H/t4-,5-;/m0./s1. The van der Waals surface area contributed by atoms with Crippen LogP contribution in [0.5, 0.6) is 0 Å². The van der Waals surface area contributed by atoms with E-state index in [4.69, 9.17) is 0 Å². The summed E-state index contributed by atoms with van der Waals surface area (Å²) in [5.41, 5.74) is 0. The third kappa shape index (κ3) is 2.75. The molecule has 3 nitrogen and oxygen atoms in total. The Morgan fingerprint density at radius 2 is 2.07 bits per heavy atom. The Kier molecular flexibility index (Phi) is 4.67. The molecule has 1 aliphatic heterocycles. The number of halogens is 4. The summed E-state index contributed by atoms with van der Waals surface area (Å²) in [4.78, 5) is 10.9. The largest absolute Gasteiger partial charge is 0.469 e. The van der Waals surface area contributed by atoms with E-state index in [1.54, 1.807) is 0 Å². The number of methoxy groups -OCH3 is 1. The first kappa shape index (κ1) is 13.5. The molecule has 1 N–H and O–H groups in total. The average Bonchev–Trinajstić information content (AvgIpc) is 2.49. The number of ether oxygens (including phenoxy) is 1. The molecule has 2 atom stereocenters. The van der Waals surface area contributed by atoms with Crippen molar-refractivity contribution >= 4 is 18.4 Å². The zero-order valence-electron chi connectivity index (χ0n) is 7.43. The number of hydrogen-bond donors (Lipinski definition) is 1. The molecule has 1 heterocycles. The maximum absolute atomic E-state index is 12.2. The zero-order valence-corrected chi connectivity index (χ0v) is 8.24. The first-order valence-electron chi connectivity index (χ1n) is 3.84. The van der Waals surface area contributed by atoms with Crippen molar-refractivity contribution in [3.05, 3.63) is 0 Å². The van der Waals surface area contributed by atoms with Gasteiger partial charge in [0.25, 0.3) is 0 Å². The van der Waals surface area contributed by atoms with Gasteiger partial charge in [0, 0.05) is 0 Å². The van der Waals surface area contributed by atoms with Crippen LogP contribution in [0, 0.1) is 5.92 Å². The van der Waals surface area contributed by atoms with Crippen LogP contribution in [0.3, 0.4) is 0 Å². The molecule has 14 heavy (non-hydrogen) atoms. The van der Waals surface area contributed by atoms with Crippen LogP contribution in [0.2, 0.25) is 0 Å². The van der Waals surface area contributed by atoms with Gasteiger partial charge in [-0.1, -0.05) is 0 Å². The van der Waals surface area contributed by atoms with E-state index < -0.39 is 24.1 Å². The van der Waals surface area contributed by atoms with Crippen molar-refractivity contribution in [2.45, 2.75) is 18.6 Å². The van der Waals surface area contributed by atoms with E-state index in [0.717, 1.165) is 7.11 Å². The van der Waals surface area contributed by atoms with Crippen LogP contribution in [-0.2, 0) is 9.53 Å².